The van der Waals surface area contributed by atoms with Crippen LogP contribution in [0.15, 0.2) is 12.1 Å². The third-order valence-electron chi connectivity index (χ3n) is 5.13. The van der Waals surface area contributed by atoms with Gasteiger partial charge in [-0.15, -0.1) is 0 Å². The number of piperidine rings is 3. The fraction of sp³-hybridized carbons (Fsp3) is 0.625. The van der Waals surface area contributed by atoms with Gasteiger partial charge in [0.15, 0.2) is 0 Å². The number of aliphatic hydroxyl groups is 1. The highest BCUT2D eigenvalue weighted by molar-refractivity contribution is 5.55. The summed E-state index contributed by atoms with van der Waals surface area (Å²) in [6, 6.07) is 3.05. The van der Waals surface area contributed by atoms with Gasteiger partial charge in [0.05, 0.1) is 25.2 Å². The Bertz CT molecular complexity index is 596. The van der Waals surface area contributed by atoms with Crippen LogP contribution in [0.2, 0.25) is 0 Å². The van der Waals surface area contributed by atoms with Crippen molar-refractivity contribution >= 4 is 5.69 Å². The lowest BCUT2D eigenvalue weighted by Crippen LogP contribution is -2.58. The van der Waals surface area contributed by atoms with Gasteiger partial charge in [-0.1, -0.05) is 0 Å². The molecule has 1 aromatic rings. The number of methoxy groups -OCH3 is 2. The molecule has 0 aliphatic carbocycles. The summed E-state index contributed by atoms with van der Waals surface area (Å²) in [7, 11) is 2.94. The Labute approximate surface area is 135 Å². The van der Waals surface area contributed by atoms with Crippen molar-refractivity contribution in [3.05, 3.63) is 27.8 Å². The molecular formula is C16H22N2O5. The summed E-state index contributed by atoms with van der Waals surface area (Å²) in [5.41, 5.74) is 0.658. The summed E-state index contributed by atoms with van der Waals surface area (Å²) in [4.78, 5) is 13.1. The number of rotatable bonds is 5. The number of nitrogens with zero attached hydrogens (tertiary/aromatic N) is 2. The molecule has 2 atom stereocenters. The van der Waals surface area contributed by atoms with Crippen LogP contribution in [-0.4, -0.2) is 54.4 Å². The molecule has 0 aromatic heterocycles. The Morgan fingerprint density at radius 1 is 1.26 bits per heavy atom. The normalized spacial score (nSPS) is 29.3. The van der Waals surface area contributed by atoms with Crippen molar-refractivity contribution in [3.63, 3.8) is 0 Å². The summed E-state index contributed by atoms with van der Waals surface area (Å²) < 4.78 is 10.5. The van der Waals surface area contributed by atoms with E-state index in [0.29, 0.717) is 18.1 Å². The maximum atomic E-state index is 11.2. The first-order valence-corrected chi connectivity index (χ1v) is 7.86. The van der Waals surface area contributed by atoms with Crippen LogP contribution in [-0.2, 0) is 6.42 Å². The van der Waals surface area contributed by atoms with Crippen LogP contribution in [0.5, 0.6) is 11.5 Å². The Balaban J connectivity index is 1.92. The second-order valence-electron chi connectivity index (χ2n) is 6.23. The number of hydrogen-bond donors (Lipinski definition) is 1. The SMILES string of the molecule is COc1cc(OC)c([N+](=O)[O-])cc1CC1C(O)C2CCN1CC2. The third-order valence-corrected chi connectivity index (χ3v) is 5.13. The van der Waals surface area contributed by atoms with Crippen molar-refractivity contribution in [2.45, 2.75) is 31.4 Å². The van der Waals surface area contributed by atoms with Crippen LogP contribution in [0.3, 0.4) is 0 Å². The quantitative estimate of drug-likeness (QED) is 0.655. The Hall–Kier alpha value is -1.86. The molecule has 2 unspecified atom stereocenters. The molecule has 0 saturated carbocycles. The average Bonchev–Trinajstić information content (AvgIpc) is 2.57. The van der Waals surface area contributed by atoms with Gasteiger partial charge in [-0.2, -0.15) is 0 Å². The molecule has 0 radical (unpaired) electrons. The largest absolute Gasteiger partial charge is 0.496 e. The number of nitro groups is 1. The lowest BCUT2D eigenvalue weighted by molar-refractivity contribution is -0.385. The van der Waals surface area contributed by atoms with E-state index in [1.165, 1.54) is 20.3 Å². The van der Waals surface area contributed by atoms with Crippen molar-refractivity contribution in [2.24, 2.45) is 5.92 Å². The Morgan fingerprint density at radius 2 is 1.91 bits per heavy atom. The topological polar surface area (TPSA) is 85.1 Å². The highest BCUT2D eigenvalue weighted by Gasteiger charge is 2.41. The van der Waals surface area contributed by atoms with Crippen molar-refractivity contribution in [3.8, 4) is 11.5 Å². The molecule has 3 aliphatic rings. The maximum Gasteiger partial charge on any atom is 0.311 e. The van der Waals surface area contributed by atoms with E-state index in [4.69, 9.17) is 9.47 Å². The first-order chi connectivity index (χ1) is 11.0. The van der Waals surface area contributed by atoms with E-state index in [9.17, 15) is 15.2 Å². The van der Waals surface area contributed by atoms with E-state index < -0.39 is 4.92 Å². The predicted molar refractivity (Wildman–Crippen MR) is 84.0 cm³/mol. The number of hydrogen-bond acceptors (Lipinski definition) is 6. The Kier molecular flexibility index (Phi) is 4.41. The highest BCUT2D eigenvalue weighted by atomic mass is 16.6. The second-order valence-corrected chi connectivity index (χ2v) is 6.23. The molecule has 0 amide bonds. The molecule has 3 fully saturated rings. The second kappa shape index (κ2) is 6.33. The highest BCUT2D eigenvalue weighted by Crippen LogP contribution is 2.38. The van der Waals surface area contributed by atoms with Gasteiger partial charge in [-0.3, -0.25) is 15.0 Å². The Morgan fingerprint density at radius 3 is 2.43 bits per heavy atom. The molecule has 0 spiro atoms. The van der Waals surface area contributed by atoms with Crippen LogP contribution < -0.4 is 9.47 Å². The summed E-state index contributed by atoms with van der Waals surface area (Å²) in [5, 5.41) is 21.8. The number of aliphatic hydroxyl groups excluding tert-OH is 1. The summed E-state index contributed by atoms with van der Waals surface area (Å²) in [6.07, 6.45) is 2.20. The summed E-state index contributed by atoms with van der Waals surface area (Å²) in [5.74, 6) is 1.08. The van der Waals surface area contributed by atoms with Crippen LogP contribution >= 0.6 is 0 Å². The van der Waals surface area contributed by atoms with Crippen LogP contribution in [0.1, 0.15) is 18.4 Å². The van der Waals surface area contributed by atoms with Gasteiger partial charge in [-0.25, -0.2) is 0 Å². The molecule has 23 heavy (non-hydrogen) atoms. The molecule has 3 heterocycles. The van der Waals surface area contributed by atoms with E-state index in [1.54, 1.807) is 6.07 Å². The van der Waals surface area contributed by atoms with E-state index in [0.717, 1.165) is 31.5 Å². The molecule has 1 N–H and O–H groups in total. The van der Waals surface area contributed by atoms with Gasteiger partial charge < -0.3 is 14.6 Å². The zero-order valence-corrected chi connectivity index (χ0v) is 13.4. The van der Waals surface area contributed by atoms with Crippen molar-refractivity contribution in [1.82, 2.24) is 4.90 Å². The van der Waals surface area contributed by atoms with Crippen molar-refractivity contribution < 1.29 is 19.5 Å². The minimum absolute atomic E-state index is 0.00982. The van der Waals surface area contributed by atoms with E-state index in [1.807, 2.05) is 0 Å². The molecule has 2 bridgehead atoms. The molecule has 4 rings (SSSR count). The van der Waals surface area contributed by atoms with Crippen LogP contribution in [0.25, 0.3) is 0 Å². The summed E-state index contributed by atoms with van der Waals surface area (Å²) in [6.45, 7) is 1.96. The van der Waals surface area contributed by atoms with Crippen LogP contribution in [0.4, 0.5) is 5.69 Å². The zero-order valence-electron chi connectivity index (χ0n) is 13.4. The molecule has 1 aromatic carbocycles. The molecular weight excluding hydrogens is 300 g/mol. The standard InChI is InChI=1S/C16H22N2O5/c1-22-14-9-15(23-2)12(18(20)21)7-11(14)8-13-16(19)10-3-5-17(13)6-4-10/h7,9-10,13,16,19H,3-6,8H2,1-2H3. The van der Waals surface area contributed by atoms with Crippen LogP contribution in [0, 0.1) is 16.0 Å². The predicted octanol–water partition coefficient (Wildman–Crippen LogP) is 1.61. The first kappa shape index (κ1) is 16.0. The number of ether oxygens (including phenoxy) is 2. The lowest BCUT2D eigenvalue weighted by atomic mass is 9.78. The smallest absolute Gasteiger partial charge is 0.311 e. The molecule has 3 saturated heterocycles. The molecule has 126 valence electrons. The zero-order chi connectivity index (χ0) is 16.6. The number of fused-ring (bicyclic) bond motifs is 3. The summed E-state index contributed by atoms with van der Waals surface area (Å²) >= 11 is 0. The van der Waals surface area contributed by atoms with Gasteiger partial charge in [-0.05, 0) is 38.3 Å². The molecule has 3 aliphatic heterocycles. The molecule has 7 nitrogen and oxygen atoms in total. The lowest BCUT2D eigenvalue weighted by Gasteiger charge is -2.49. The van der Waals surface area contributed by atoms with Crippen molar-refractivity contribution in [1.29, 1.82) is 0 Å². The minimum atomic E-state index is -0.453. The number of benzene rings is 1. The maximum absolute atomic E-state index is 11.2. The minimum Gasteiger partial charge on any atom is -0.496 e. The fourth-order valence-corrected chi connectivity index (χ4v) is 3.85. The van der Waals surface area contributed by atoms with Gasteiger partial charge >= 0.3 is 5.69 Å². The molecule has 7 heteroatoms. The van der Waals surface area contributed by atoms with E-state index >= 15 is 0 Å². The van der Waals surface area contributed by atoms with E-state index in [2.05, 4.69) is 4.90 Å². The van der Waals surface area contributed by atoms with Gasteiger partial charge in [0.1, 0.15) is 5.75 Å². The first-order valence-electron chi connectivity index (χ1n) is 7.86. The fourth-order valence-electron chi connectivity index (χ4n) is 3.85. The average molecular weight is 322 g/mol. The van der Waals surface area contributed by atoms with Gasteiger partial charge in [0.25, 0.3) is 0 Å². The van der Waals surface area contributed by atoms with E-state index in [-0.39, 0.29) is 23.6 Å². The van der Waals surface area contributed by atoms with Gasteiger partial charge in [0.2, 0.25) is 5.75 Å². The van der Waals surface area contributed by atoms with Gasteiger partial charge in [0, 0.05) is 23.7 Å². The monoisotopic (exact) mass is 322 g/mol. The van der Waals surface area contributed by atoms with Crippen molar-refractivity contribution in [2.75, 3.05) is 27.3 Å². The third kappa shape index (κ3) is 2.86. The number of nitro benzene ring substituents is 1.